The van der Waals surface area contributed by atoms with Crippen molar-refractivity contribution >= 4 is 39.6 Å². The number of hydrogen-bond donors (Lipinski definition) is 2. The average molecular weight is 367 g/mol. The van der Waals surface area contributed by atoms with Crippen LogP contribution < -0.4 is 10.7 Å². The van der Waals surface area contributed by atoms with Crippen molar-refractivity contribution in [2.45, 2.75) is 16.5 Å². The van der Waals surface area contributed by atoms with Crippen molar-refractivity contribution in [2.24, 2.45) is 0 Å². The van der Waals surface area contributed by atoms with E-state index in [0.29, 0.717) is 11.5 Å². The molecule has 9 heteroatoms. The van der Waals surface area contributed by atoms with Crippen LogP contribution in [0.2, 0.25) is 0 Å². The van der Waals surface area contributed by atoms with Gasteiger partial charge in [-0.25, -0.2) is 0 Å². The van der Waals surface area contributed by atoms with Crippen LogP contribution >= 0.6 is 34.4 Å². The first-order chi connectivity index (χ1) is 11.2. The molecule has 0 amide bonds. The van der Waals surface area contributed by atoms with Crippen LogP contribution in [0.1, 0.15) is 10.6 Å². The monoisotopic (exact) mass is 367 g/mol. The Morgan fingerprint density at radius 2 is 2.30 bits per heavy atom. The Morgan fingerprint density at radius 3 is 3.09 bits per heavy atom. The molecule has 0 aliphatic rings. The summed E-state index contributed by atoms with van der Waals surface area (Å²) in [5.41, 5.74) is -0.444. The molecule has 0 unspecified atom stereocenters. The summed E-state index contributed by atoms with van der Waals surface area (Å²) in [7, 11) is 0. The van der Waals surface area contributed by atoms with Gasteiger partial charge in [0.25, 0.3) is 0 Å². The molecule has 3 heterocycles. The van der Waals surface area contributed by atoms with Crippen molar-refractivity contribution < 1.29 is 9.52 Å². The molecule has 0 bridgehead atoms. The van der Waals surface area contributed by atoms with Gasteiger partial charge in [0.2, 0.25) is 10.6 Å². The van der Waals surface area contributed by atoms with E-state index < -0.39 is 5.43 Å². The lowest BCUT2D eigenvalue weighted by atomic mass is 10.3. The third-order valence-corrected chi connectivity index (χ3v) is 5.81. The lowest BCUT2D eigenvalue weighted by Crippen LogP contribution is -2.03. The minimum Gasteiger partial charge on any atom is -0.502 e. The van der Waals surface area contributed by atoms with Gasteiger partial charge in [-0.15, -0.1) is 21.5 Å². The van der Waals surface area contributed by atoms with Gasteiger partial charge in [0.1, 0.15) is 12.0 Å². The molecule has 0 radical (unpaired) electrons. The van der Waals surface area contributed by atoms with E-state index in [4.69, 9.17) is 9.52 Å². The third-order valence-electron chi connectivity index (χ3n) is 2.84. The Kier molecular flexibility index (Phi) is 5.31. The fourth-order valence-electron chi connectivity index (χ4n) is 1.74. The van der Waals surface area contributed by atoms with Crippen molar-refractivity contribution in [2.75, 3.05) is 11.9 Å². The summed E-state index contributed by atoms with van der Waals surface area (Å²) in [6.07, 6.45) is 2.01. The second kappa shape index (κ2) is 7.62. The van der Waals surface area contributed by atoms with E-state index in [9.17, 15) is 4.79 Å². The Hall–Kier alpha value is -1.84. The standard InChI is InChI=1S/C14H13N3O3S3/c18-11-6-9(20-7-12(11)19)8-22-14-17-16-13(23-14)15-4-3-10-2-1-5-21-10/h1-2,5-7,19H,3-4,8H2,(H,15,16). The van der Waals surface area contributed by atoms with E-state index in [1.54, 1.807) is 11.3 Å². The van der Waals surface area contributed by atoms with Crippen LogP contribution in [-0.4, -0.2) is 21.8 Å². The van der Waals surface area contributed by atoms with Crippen LogP contribution in [0.5, 0.6) is 5.75 Å². The van der Waals surface area contributed by atoms with Crippen LogP contribution in [0.4, 0.5) is 5.13 Å². The predicted molar refractivity (Wildman–Crippen MR) is 92.6 cm³/mol. The minimum absolute atomic E-state index is 0.383. The molecule has 0 spiro atoms. The number of nitrogens with one attached hydrogen (secondary N) is 1. The molecule has 23 heavy (non-hydrogen) atoms. The Bertz CT molecular complexity index is 814. The number of hydrogen-bond acceptors (Lipinski definition) is 9. The quantitative estimate of drug-likeness (QED) is 0.620. The van der Waals surface area contributed by atoms with E-state index in [2.05, 4.69) is 27.0 Å². The molecule has 0 aliphatic heterocycles. The first-order valence-electron chi connectivity index (χ1n) is 6.74. The normalized spacial score (nSPS) is 10.8. The SMILES string of the molecule is O=c1cc(CSc2nnc(NCCc3cccs3)s2)occ1O. The maximum atomic E-state index is 11.3. The van der Waals surface area contributed by atoms with Gasteiger partial charge >= 0.3 is 0 Å². The molecule has 0 aliphatic carbocycles. The Morgan fingerprint density at radius 1 is 1.39 bits per heavy atom. The zero-order chi connectivity index (χ0) is 16.1. The Labute approximate surface area is 144 Å². The molecule has 2 N–H and O–H groups in total. The lowest BCUT2D eigenvalue weighted by molar-refractivity contribution is 0.419. The van der Waals surface area contributed by atoms with E-state index in [-0.39, 0.29) is 5.75 Å². The van der Waals surface area contributed by atoms with E-state index in [0.717, 1.165) is 28.7 Å². The highest BCUT2D eigenvalue weighted by Crippen LogP contribution is 2.28. The molecular weight excluding hydrogens is 354 g/mol. The van der Waals surface area contributed by atoms with E-state index in [1.165, 1.54) is 34.0 Å². The molecular formula is C14H13N3O3S3. The second-order valence-corrected chi connectivity index (χ2v) is 7.75. The maximum absolute atomic E-state index is 11.3. The maximum Gasteiger partial charge on any atom is 0.226 e. The molecule has 0 atom stereocenters. The third kappa shape index (κ3) is 4.57. The largest absolute Gasteiger partial charge is 0.502 e. The second-order valence-electron chi connectivity index (χ2n) is 4.51. The van der Waals surface area contributed by atoms with Gasteiger partial charge in [-0.1, -0.05) is 29.2 Å². The average Bonchev–Trinajstić information content (AvgIpc) is 3.20. The summed E-state index contributed by atoms with van der Waals surface area (Å²) in [5.74, 6) is 0.561. The number of rotatable bonds is 7. The van der Waals surface area contributed by atoms with Crippen LogP contribution in [0, 0.1) is 0 Å². The van der Waals surface area contributed by atoms with Gasteiger partial charge in [-0.3, -0.25) is 4.79 Å². The summed E-state index contributed by atoms with van der Waals surface area (Å²) in [6, 6.07) is 5.43. The summed E-state index contributed by atoms with van der Waals surface area (Å²) in [5, 5.41) is 23.4. The molecule has 120 valence electrons. The zero-order valence-corrected chi connectivity index (χ0v) is 14.3. The molecule has 0 saturated carbocycles. The van der Waals surface area contributed by atoms with Crippen molar-refractivity contribution in [1.82, 2.24) is 10.2 Å². The van der Waals surface area contributed by atoms with E-state index in [1.807, 2.05) is 6.07 Å². The van der Waals surface area contributed by atoms with Gasteiger partial charge in [-0.2, -0.15) is 0 Å². The Balaban J connectivity index is 1.48. The fourth-order valence-corrected chi connectivity index (χ4v) is 4.12. The molecule has 6 nitrogen and oxygen atoms in total. The summed E-state index contributed by atoms with van der Waals surface area (Å²) < 4.78 is 5.94. The fraction of sp³-hybridized carbons (Fsp3) is 0.214. The number of thioether (sulfide) groups is 1. The van der Waals surface area contributed by atoms with Crippen molar-refractivity contribution in [3.8, 4) is 5.75 Å². The first-order valence-corrected chi connectivity index (χ1v) is 9.42. The topological polar surface area (TPSA) is 88.3 Å². The summed E-state index contributed by atoms with van der Waals surface area (Å²) in [6.45, 7) is 0.812. The van der Waals surface area contributed by atoms with E-state index >= 15 is 0 Å². The van der Waals surface area contributed by atoms with Gasteiger partial charge in [0.15, 0.2) is 10.1 Å². The van der Waals surface area contributed by atoms with Crippen molar-refractivity contribution in [3.05, 3.63) is 50.7 Å². The van der Waals surface area contributed by atoms with Crippen LogP contribution in [0.25, 0.3) is 0 Å². The van der Waals surface area contributed by atoms with Gasteiger partial charge in [0, 0.05) is 17.5 Å². The molecule has 3 aromatic heterocycles. The molecule has 3 aromatic rings. The highest BCUT2D eigenvalue weighted by molar-refractivity contribution is 8.00. The molecule has 3 rings (SSSR count). The number of aromatic nitrogens is 2. The molecule has 0 saturated heterocycles. The number of anilines is 1. The number of nitrogens with zero attached hydrogens (tertiary/aromatic N) is 2. The first kappa shape index (κ1) is 16.0. The molecule has 0 aromatic carbocycles. The highest BCUT2D eigenvalue weighted by atomic mass is 32.2. The lowest BCUT2D eigenvalue weighted by Gasteiger charge is -1.99. The van der Waals surface area contributed by atoms with Gasteiger partial charge < -0.3 is 14.8 Å². The van der Waals surface area contributed by atoms with Gasteiger partial charge in [-0.05, 0) is 17.9 Å². The zero-order valence-electron chi connectivity index (χ0n) is 11.9. The highest BCUT2D eigenvalue weighted by Gasteiger charge is 2.07. The number of aromatic hydroxyl groups is 1. The van der Waals surface area contributed by atoms with Crippen molar-refractivity contribution in [1.29, 1.82) is 0 Å². The van der Waals surface area contributed by atoms with Crippen LogP contribution in [0.15, 0.2) is 43.4 Å². The smallest absolute Gasteiger partial charge is 0.226 e. The minimum atomic E-state index is -0.444. The summed E-state index contributed by atoms with van der Waals surface area (Å²) in [4.78, 5) is 12.6. The molecule has 0 fully saturated rings. The van der Waals surface area contributed by atoms with Crippen molar-refractivity contribution in [3.63, 3.8) is 0 Å². The number of thiophene rings is 1. The van der Waals surface area contributed by atoms with Crippen LogP contribution in [0.3, 0.4) is 0 Å². The van der Waals surface area contributed by atoms with Gasteiger partial charge in [0.05, 0.1) is 5.75 Å². The summed E-state index contributed by atoms with van der Waals surface area (Å²) >= 11 is 4.63. The van der Waals surface area contributed by atoms with Crippen LogP contribution in [-0.2, 0) is 12.2 Å². The predicted octanol–water partition coefficient (Wildman–Crippen LogP) is 3.21.